The highest BCUT2D eigenvalue weighted by molar-refractivity contribution is 5.94. The number of halogens is 1. The fourth-order valence-electron chi connectivity index (χ4n) is 1.93. The monoisotopic (exact) mass is 234 g/mol. The number of nitrogens with one attached hydrogen (secondary N) is 1. The van der Waals surface area contributed by atoms with Crippen LogP contribution < -0.4 is 5.32 Å². The van der Waals surface area contributed by atoms with Crippen LogP contribution in [0.1, 0.15) is 29.6 Å². The Morgan fingerprint density at radius 1 is 1.53 bits per heavy atom. The van der Waals surface area contributed by atoms with Crippen LogP contribution in [0.4, 0.5) is 4.39 Å². The third-order valence-electron chi connectivity index (χ3n) is 2.93. The molecule has 1 aromatic heterocycles. The minimum absolute atomic E-state index is 0.0128. The summed E-state index contributed by atoms with van der Waals surface area (Å²) in [6, 6.07) is 3.00. The molecule has 0 fully saturated rings. The lowest BCUT2D eigenvalue weighted by molar-refractivity contribution is 0.0941. The van der Waals surface area contributed by atoms with Crippen molar-refractivity contribution < 1.29 is 9.18 Å². The molecule has 1 aliphatic rings. The Hall–Kier alpha value is -1.71. The Labute approximate surface area is 99.8 Å². The maximum atomic E-state index is 13.2. The van der Waals surface area contributed by atoms with E-state index in [1.54, 1.807) is 6.07 Å². The van der Waals surface area contributed by atoms with Crippen molar-refractivity contribution in [3.8, 4) is 0 Å². The number of rotatable bonds is 3. The van der Waals surface area contributed by atoms with Gasteiger partial charge >= 0.3 is 0 Å². The van der Waals surface area contributed by atoms with Gasteiger partial charge in [-0.05, 0) is 37.3 Å². The smallest absolute Gasteiger partial charge is 0.255 e. The van der Waals surface area contributed by atoms with E-state index in [1.807, 2.05) is 0 Å². The Balaban J connectivity index is 1.89. The molecule has 17 heavy (non-hydrogen) atoms. The number of nitrogens with zero attached hydrogens (tertiary/aromatic N) is 1. The number of hydrogen-bond donors (Lipinski definition) is 1. The number of amides is 1. The van der Waals surface area contributed by atoms with Gasteiger partial charge < -0.3 is 5.32 Å². The summed E-state index contributed by atoms with van der Waals surface area (Å²) in [5.41, 5.74) is 0.0128. The summed E-state index contributed by atoms with van der Waals surface area (Å²) in [7, 11) is 0. The van der Waals surface area contributed by atoms with Crippen LogP contribution in [0.3, 0.4) is 0 Å². The molecular formula is C13H15FN2O. The third-order valence-corrected chi connectivity index (χ3v) is 2.93. The zero-order valence-electron chi connectivity index (χ0n) is 9.53. The highest BCUT2D eigenvalue weighted by atomic mass is 19.1. The van der Waals surface area contributed by atoms with Gasteiger partial charge in [-0.2, -0.15) is 4.39 Å². The summed E-state index contributed by atoms with van der Waals surface area (Å²) in [6.07, 6.45) is 8.73. The molecule has 0 aliphatic heterocycles. The van der Waals surface area contributed by atoms with Gasteiger partial charge in [0.2, 0.25) is 5.95 Å². The second-order valence-corrected chi connectivity index (χ2v) is 4.20. The summed E-state index contributed by atoms with van der Waals surface area (Å²) in [6.45, 7) is 0.595. The molecule has 0 saturated carbocycles. The summed E-state index contributed by atoms with van der Waals surface area (Å²) < 4.78 is 13.2. The first-order valence-corrected chi connectivity index (χ1v) is 5.81. The molecule has 2 rings (SSSR count). The summed E-state index contributed by atoms with van der Waals surface area (Å²) in [5, 5.41) is 2.76. The lowest BCUT2D eigenvalue weighted by Crippen LogP contribution is -2.30. The first-order valence-electron chi connectivity index (χ1n) is 5.81. The summed E-state index contributed by atoms with van der Waals surface area (Å²) in [5.74, 6) is -0.637. The molecule has 4 heteroatoms. The maximum absolute atomic E-state index is 13.2. The molecular weight excluding hydrogens is 219 g/mol. The van der Waals surface area contributed by atoms with E-state index >= 15 is 0 Å². The number of allylic oxidation sites excluding steroid dienone is 2. The number of carbonyl (C=O) groups is 1. The predicted octanol–water partition coefficient (Wildman–Crippen LogP) is 2.31. The van der Waals surface area contributed by atoms with Crippen LogP contribution in [0.5, 0.6) is 0 Å². The van der Waals surface area contributed by atoms with Crippen molar-refractivity contribution in [2.75, 3.05) is 6.54 Å². The quantitative estimate of drug-likeness (QED) is 0.644. The predicted molar refractivity (Wildman–Crippen MR) is 63.0 cm³/mol. The van der Waals surface area contributed by atoms with Crippen molar-refractivity contribution in [1.29, 1.82) is 0 Å². The van der Waals surface area contributed by atoms with Gasteiger partial charge in [0.25, 0.3) is 5.91 Å². The summed E-state index contributed by atoms with van der Waals surface area (Å²) in [4.78, 5) is 15.2. The van der Waals surface area contributed by atoms with Gasteiger partial charge in [0.15, 0.2) is 0 Å². The first-order chi connectivity index (χ1) is 8.27. The molecule has 0 spiro atoms. The minimum atomic E-state index is -0.714. The first kappa shape index (κ1) is 11.8. The molecule has 0 saturated heterocycles. The SMILES string of the molecule is O=C(NCC1CC=CCC1)c1cccnc1F. The van der Waals surface area contributed by atoms with E-state index in [4.69, 9.17) is 0 Å². The van der Waals surface area contributed by atoms with Gasteiger partial charge in [0, 0.05) is 12.7 Å². The van der Waals surface area contributed by atoms with Crippen LogP contribution in [0.25, 0.3) is 0 Å². The number of carbonyl (C=O) groups excluding carboxylic acids is 1. The van der Waals surface area contributed by atoms with Crippen LogP contribution in [-0.2, 0) is 0 Å². The van der Waals surface area contributed by atoms with E-state index in [0.29, 0.717) is 12.5 Å². The molecule has 1 atom stereocenters. The highest BCUT2D eigenvalue weighted by Crippen LogP contribution is 2.17. The van der Waals surface area contributed by atoms with Crippen molar-refractivity contribution in [2.24, 2.45) is 5.92 Å². The van der Waals surface area contributed by atoms with Crippen LogP contribution in [-0.4, -0.2) is 17.4 Å². The largest absolute Gasteiger partial charge is 0.352 e. The standard InChI is InChI=1S/C13H15FN2O/c14-12-11(7-4-8-15-12)13(17)16-9-10-5-2-1-3-6-10/h1-2,4,7-8,10H,3,5-6,9H2,(H,16,17). The van der Waals surface area contributed by atoms with E-state index in [1.165, 1.54) is 12.3 Å². The maximum Gasteiger partial charge on any atom is 0.255 e. The average molecular weight is 234 g/mol. The molecule has 3 nitrogen and oxygen atoms in total. The van der Waals surface area contributed by atoms with Gasteiger partial charge in [-0.1, -0.05) is 12.2 Å². The van der Waals surface area contributed by atoms with E-state index in [0.717, 1.165) is 19.3 Å². The molecule has 0 aromatic carbocycles. The van der Waals surface area contributed by atoms with Crippen molar-refractivity contribution in [2.45, 2.75) is 19.3 Å². The molecule has 1 heterocycles. The van der Waals surface area contributed by atoms with E-state index in [2.05, 4.69) is 22.5 Å². The Kier molecular flexibility index (Phi) is 3.85. The van der Waals surface area contributed by atoms with Crippen LogP contribution in [0, 0.1) is 11.9 Å². The number of aromatic nitrogens is 1. The lowest BCUT2D eigenvalue weighted by Gasteiger charge is -2.18. The molecule has 1 N–H and O–H groups in total. The van der Waals surface area contributed by atoms with Crippen LogP contribution in [0.15, 0.2) is 30.5 Å². The van der Waals surface area contributed by atoms with Crippen molar-refractivity contribution in [3.63, 3.8) is 0 Å². The summed E-state index contributed by atoms with van der Waals surface area (Å²) >= 11 is 0. The number of hydrogen-bond acceptors (Lipinski definition) is 2. The van der Waals surface area contributed by atoms with Crippen molar-refractivity contribution >= 4 is 5.91 Å². The van der Waals surface area contributed by atoms with Crippen molar-refractivity contribution in [3.05, 3.63) is 42.0 Å². The Bertz CT molecular complexity index is 431. The molecule has 0 radical (unpaired) electrons. The molecule has 0 bridgehead atoms. The molecule has 1 aliphatic carbocycles. The zero-order chi connectivity index (χ0) is 12.1. The Morgan fingerprint density at radius 2 is 2.41 bits per heavy atom. The Morgan fingerprint density at radius 3 is 3.12 bits per heavy atom. The fraction of sp³-hybridized carbons (Fsp3) is 0.385. The van der Waals surface area contributed by atoms with Gasteiger partial charge in [0.05, 0.1) is 5.56 Å². The van der Waals surface area contributed by atoms with Gasteiger partial charge in [-0.25, -0.2) is 4.98 Å². The van der Waals surface area contributed by atoms with Gasteiger partial charge in [-0.15, -0.1) is 0 Å². The second kappa shape index (κ2) is 5.57. The zero-order valence-corrected chi connectivity index (χ0v) is 9.53. The topological polar surface area (TPSA) is 42.0 Å². The van der Waals surface area contributed by atoms with Crippen LogP contribution in [0.2, 0.25) is 0 Å². The van der Waals surface area contributed by atoms with Gasteiger partial charge in [-0.3, -0.25) is 4.79 Å². The molecule has 1 aromatic rings. The minimum Gasteiger partial charge on any atom is -0.352 e. The second-order valence-electron chi connectivity index (χ2n) is 4.20. The molecule has 1 unspecified atom stereocenters. The van der Waals surface area contributed by atoms with E-state index in [-0.39, 0.29) is 11.5 Å². The van der Waals surface area contributed by atoms with Crippen LogP contribution >= 0.6 is 0 Å². The van der Waals surface area contributed by atoms with Crippen molar-refractivity contribution in [1.82, 2.24) is 10.3 Å². The average Bonchev–Trinajstić information content (AvgIpc) is 2.38. The lowest BCUT2D eigenvalue weighted by atomic mass is 9.94. The fourth-order valence-corrected chi connectivity index (χ4v) is 1.93. The third kappa shape index (κ3) is 3.12. The van der Waals surface area contributed by atoms with Gasteiger partial charge in [0.1, 0.15) is 0 Å². The highest BCUT2D eigenvalue weighted by Gasteiger charge is 2.14. The molecule has 1 amide bonds. The van der Waals surface area contributed by atoms with E-state index in [9.17, 15) is 9.18 Å². The normalized spacial score (nSPS) is 19.0. The molecule has 90 valence electrons. The van der Waals surface area contributed by atoms with E-state index < -0.39 is 5.95 Å². The number of pyridine rings is 1.